The van der Waals surface area contributed by atoms with Gasteiger partial charge in [-0.05, 0) is 119 Å². The van der Waals surface area contributed by atoms with Crippen molar-refractivity contribution in [2.75, 3.05) is 38.0 Å². The average Bonchev–Trinajstić information content (AvgIpc) is 3.23. The van der Waals surface area contributed by atoms with Crippen molar-refractivity contribution in [3.63, 3.8) is 0 Å². The molecule has 0 saturated carbocycles. The number of anilines is 2. The number of benzene rings is 2. The number of amides is 1. The molecule has 2 heterocycles. The highest BCUT2D eigenvalue weighted by Crippen LogP contribution is 2.32. The summed E-state index contributed by atoms with van der Waals surface area (Å²) in [5, 5.41) is 3.64. The number of aryl methyl sites for hydroxylation is 3. The first kappa shape index (κ1) is 31.1. The Labute approximate surface area is 248 Å². The monoisotopic (exact) mass is 559 g/mol. The van der Waals surface area contributed by atoms with Gasteiger partial charge in [0.05, 0.1) is 16.4 Å². The molecule has 0 radical (unpaired) electrons. The zero-order chi connectivity index (χ0) is 29.7. The molecule has 0 atom stereocenters. The number of carbonyl (C=O) groups excluding carboxylic acids is 1. The van der Waals surface area contributed by atoms with E-state index in [1.165, 1.54) is 43.5 Å². The van der Waals surface area contributed by atoms with Crippen LogP contribution in [0, 0.1) is 25.7 Å². The molecule has 0 spiro atoms. The molecule has 1 aliphatic rings. The van der Waals surface area contributed by atoms with E-state index in [2.05, 4.69) is 111 Å². The molecule has 2 aromatic carbocycles. The van der Waals surface area contributed by atoms with Crippen molar-refractivity contribution in [3.8, 4) is 0 Å². The largest absolute Gasteiger partial charge is 0.341 e. The molecule has 0 bridgehead atoms. The first-order chi connectivity index (χ1) is 19.4. The van der Waals surface area contributed by atoms with Crippen molar-refractivity contribution >= 4 is 28.6 Å². The van der Waals surface area contributed by atoms with Crippen LogP contribution >= 0.6 is 0 Å². The standard InChI is InChI=1S/C35H53N5O/c1-25(2)23-39(24-26(3)4)33(41)35(7,8)29-13-14-31-32(22-29)40(18-12-17-38-15-10-9-11-16-38)34(37-31)36-30-20-27(5)19-28(6)21-30/h13-14,19-22,25-26H,9-12,15-18,23-24H2,1-8H3,(H,36,37). The number of rotatable bonds is 12. The lowest BCUT2D eigenvalue weighted by molar-refractivity contribution is -0.137. The van der Waals surface area contributed by atoms with Crippen LogP contribution in [-0.2, 0) is 16.8 Å². The van der Waals surface area contributed by atoms with Crippen molar-refractivity contribution in [1.29, 1.82) is 0 Å². The number of fused-ring (bicyclic) bond motifs is 1. The number of nitrogens with zero attached hydrogens (tertiary/aromatic N) is 4. The van der Waals surface area contributed by atoms with Crippen LogP contribution in [0.2, 0.25) is 0 Å². The molecule has 6 nitrogen and oxygen atoms in total. The number of nitrogens with one attached hydrogen (secondary N) is 1. The Morgan fingerprint density at radius 3 is 2.17 bits per heavy atom. The average molecular weight is 560 g/mol. The van der Waals surface area contributed by atoms with E-state index in [0.29, 0.717) is 11.8 Å². The summed E-state index contributed by atoms with van der Waals surface area (Å²) < 4.78 is 2.33. The summed E-state index contributed by atoms with van der Waals surface area (Å²) in [6, 6.07) is 13.0. The SMILES string of the molecule is Cc1cc(C)cc(Nc2nc3ccc(C(C)(C)C(=O)N(CC(C)C)CC(C)C)cc3n2CCCN2CCCCC2)c1. The lowest BCUT2D eigenvalue weighted by Gasteiger charge is -2.34. The Morgan fingerprint density at radius 1 is 0.927 bits per heavy atom. The minimum atomic E-state index is -0.637. The molecule has 3 aromatic rings. The topological polar surface area (TPSA) is 53.4 Å². The highest BCUT2D eigenvalue weighted by Gasteiger charge is 2.35. The van der Waals surface area contributed by atoms with Gasteiger partial charge in [-0.1, -0.05) is 46.2 Å². The molecule has 1 saturated heterocycles. The van der Waals surface area contributed by atoms with Gasteiger partial charge in [0, 0.05) is 25.3 Å². The Bertz CT molecular complexity index is 1290. The van der Waals surface area contributed by atoms with Gasteiger partial charge < -0.3 is 19.7 Å². The van der Waals surface area contributed by atoms with Gasteiger partial charge in [0.15, 0.2) is 0 Å². The Balaban J connectivity index is 1.68. The van der Waals surface area contributed by atoms with Crippen molar-refractivity contribution in [2.45, 2.75) is 93.0 Å². The van der Waals surface area contributed by atoms with Gasteiger partial charge >= 0.3 is 0 Å². The van der Waals surface area contributed by atoms with E-state index in [-0.39, 0.29) is 5.91 Å². The quantitative estimate of drug-likeness (QED) is 0.247. The first-order valence-corrected chi connectivity index (χ1v) is 15.8. The summed E-state index contributed by atoms with van der Waals surface area (Å²) in [6.07, 6.45) is 5.04. The summed E-state index contributed by atoms with van der Waals surface area (Å²) in [6.45, 7) is 23.1. The second-order valence-corrected chi connectivity index (χ2v) is 13.7. The van der Waals surface area contributed by atoms with E-state index in [4.69, 9.17) is 4.98 Å². The zero-order valence-electron chi connectivity index (χ0n) is 26.9. The van der Waals surface area contributed by atoms with Gasteiger partial charge in [0.25, 0.3) is 0 Å². The Hall–Kier alpha value is -2.86. The van der Waals surface area contributed by atoms with Crippen LogP contribution in [-0.4, -0.2) is 58.0 Å². The number of carbonyl (C=O) groups is 1. The molecule has 1 aromatic heterocycles. The predicted molar refractivity (Wildman–Crippen MR) is 173 cm³/mol. The van der Waals surface area contributed by atoms with Crippen LogP contribution in [0.15, 0.2) is 36.4 Å². The van der Waals surface area contributed by atoms with Crippen molar-refractivity contribution < 1.29 is 4.79 Å². The van der Waals surface area contributed by atoms with Crippen LogP contribution in [0.1, 0.15) is 83.9 Å². The maximum absolute atomic E-state index is 14.0. The van der Waals surface area contributed by atoms with Gasteiger partial charge in [0.2, 0.25) is 11.9 Å². The van der Waals surface area contributed by atoms with Gasteiger partial charge in [-0.15, -0.1) is 0 Å². The van der Waals surface area contributed by atoms with Crippen molar-refractivity contribution in [3.05, 3.63) is 53.1 Å². The van der Waals surface area contributed by atoms with Gasteiger partial charge in [-0.3, -0.25) is 4.79 Å². The summed E-state index contributed by atoms with van der Waals surface area (Å²) >= 11 is 0. The molecule has 6 heteroatoms. The third-order valence-electron chi connectivity index (χ3n) is 8.25. The fraction of sp³-hybridized carbons (Fsp3) is 0.600. The minimum Gasteiger partial charge on any atom is -0.341 e. The summed E-state index contributed by atoms with van der Waals surface area (Å²) in [5.74, 6) is 1.92. The highest BCUT2D eigenvalue weighted by molar-refractivity contribution is 5.89. The van der Waals surface area contributed by atoms with Gasteiger partial charge in [-0.2, -0.15) is 0 Å². The fourth-order valence-electron chi connectivity index (χ4n) is 6.29. The molecule has 41 heavy (non-hydrogen) atoms. The zero-order valence-corrected chi connectivity index (χ0v) is 26.9. The normalized spacial score (nSPS) is 14.8. The number of piperidine rings is 1. The maximum Gasteiger partial charge on any atom is 0.232 e. The molecule has 1 N–H and O–H groups in total. The summed E-state index contributed by atoms with van der Waals surface area (Å²) in [4.78, 5) is 23.7. The van der Waals surface area contributed by atoms with E-state index in [9.17, 15) is 4.79 Å². The number of hydrogen-bond donors (Lipinski definition) is 1. The number of aromatic nitrogens is 2. The molecule has 224 valence electrons. The van der Waals surface area contributed by atoms with Gasteiger partial charge in [0.1, 0.15) is 0 Å². The van der Waals surface area contributed by atoms with E-state index in [1.54, 1.807) is 0 Å². The predicted octanol–water partition coefficient (Wildman–Crippen LogP) is 7.69. The molecule has 4 rings (SSSR count). The van der Waals surface area contributed by atoms with E-state index in [0.717, 1.165) is 60.8 Å². The van der Waals surface area contributed by atoms with Crippen LogP contribution < -0.4 is 5.32 Å². The minimum absolute atomic E-state index is 0.198. The molecular weight excluding hydrogens is 506 g/mol. The number of imidazole rings is 1. The van der Waals surface area contributed by atoms with Crippen LogP contribution in [0.25, 0.3) is 11.0 Å². The highest BCUT2D eigenvalue weighted by atomic mass is 16.2. The molecule has 0 unspecified atom stereocenters. The molecule has 1 aliphatic heterocycles. The number of likely N-dealkylation sites (tertiary alicyclic amines) is 1. The molecule has 1 fully saturated rings. The van der Waals surface area contributed by atoms with E-state index < -0.39 is 5.41 Å². The third kappa shape index (κ3) is 7.91. The van der Waals surface area contributed by atoms with Crippen molar-refractivity contribution in [2.24, 2.45) is 11.8 Å². The second kappa shape index (κ2) is 13.4. The third-order valence-corrected chi connectivity index (χ3v) is 8.25. The van der Waals surface area contributed by atoms with E-state index in [1.807, 2.05) is 0 Å². The molecule has 1 amide bonds. The second-order valence-electron chi connectivity index (χ2n) is 13.7. The van der Waals surface area contributed by atoms with Crippen molar-refractivity contribution in [1.82, 2.24) is 19.4 Å². The lowest BCUT2D eigenvalue weighted by atomic mass is 9.82. The van der Waals surface area contributed by atoms with E-state index >= 15 is 0 Å². The summed E-state index contributed by atoms with van der Waals surface area (Å²) in [5.41, 5.74) is 5.98. The van der Waals surface area contributed by atoms with Crippen LogP contribution in [0.4, 0.5) is 11.6 Å². The first-order valence-electron chi connectivity index (χ1n) is 15.8. The lowest BCUT2D eigenvalue weighted by Crippen LogP contribution is -2.46. The Morgan fingerprint density at radius 2 is 1.56 bits per heavy atom. The number of hydrogen-bond acceptors (Lipinski definition) is 4. The maximum atomic E-state index is 14.0. The Kier molecular flexibility index (Phi) is 10.2. The molecule has 0 aliphatic carbocycles. The van der Waals surface area contributed by atoms with Crippen LogP contribution in [0.5, 0.6) is 0 Å². The smallest absolute Gasteiger partial charge is 0.232 e. The van der Waals surface area contributed by atoms with Crippen LogP contribution in [0.3, 0.4) is 0 Å². The summed E-state index contributed by atoms with van der Waals surface area (Å²) in [7, 11) is 0. The fourth-order valence-corrected chi connectivity index (χ4v) is 6.29. The molecular formula is C35H53N5O. The van der Waals surface area contributed by atoms with Gasteiger partial charge in [-0.25, -0.2) is 4.98 Å².